The average Bonchev–Trinajstić information content (AvgIpc) is 2.36. The molecule has 1 aliphatic rings. The molecule has 4 heteroatoms. The first-order valence-corrected chi connectivity index (χ1v) is 4.08. The molecule has 2 rings (SSSR count). The first-order valence-electron chi connectivity index (χ1n) is 2.92. The zero-order chi connectivity index (χ0) is 6.97. The summed E-state index contributed by atoms with van der Waals surface area (Å²) in [7, 11) is 0. The van der Waals surface area contributed by atoms with Crippen LogP contribution in [0.15, 0.2) is 10.7 Å². The molecule has 0 radical (unpaired) electrons. The Morgan fingerprint density at radius 2 is 2.50 bits per heavy atom. The highest BCUT2D eigenvalue weighted by molar-refractivity contribution is 7.99. The van der Waals surface area contributed by atoms with E-state index in [1.807, 2.05) is 0 Å². The molecule has 10 heavy (non-hydrogen) atoms. The fourth-order valence-corrected chi connectivity index (χ4v) is 1.75. The standard InChI is InChI=1S/C6H5NO2S/c8-5-2-10-3-6-4(5)1-7-9-6/h1H,2-3H2. The SMILES string of the molecule is O=C1CSCc2oncc21. The first kappa shape index (κ1) is 5.97. The summed E-state index contributed by atoms with van der Waals surface area (Å²) in [5.41, 5.74) is 0.666. The van der Waals surface area contributed by atoms with E-state index in [0.29, 0.717) is 11.3 Å². The van der Waals surface area contributed by atoms with Gasteiger partial charge in [-0.05, 0) is 0 Å². The summed E-state index contributed by atoms with van der Waals surface area (Å²) in [6, 6.07) is 0. The minimum atomic E-state index is 0.132. The van der Waals surface area contributed by atoms with Gasteiger partial charge in [-0.3, -0.25) is 4.79 Å². The summed E-state index contributed by atoms with van der Waals surface area (Å²) in [6.45, 7) is 0. The smallest absolute Gasteiger partial charge is 0.177 e. The van der Waals surface area contributed by atoms with Gasteiger partial charge in [-0.25, -0.2) is 0 Å². The molecule has 52 valence electrons. The maximum atomic E-state index is 11.0. The maximum Gasteiger partial charge on any atom is 0.177 e. The van der Waals surface area contributed by atoms with Crippen LogP contribution in [-0.2, 0) is 5.75 Å². The maximum absolute atomic E-state index is 11.0. The van der Waals surface area contributed by atoms with Crippen LogP contribution in [0.5, 0.6) is 0 Å². The second kappa shape index (κ2) is 2.12. The van der Waals surface area contributed by atoms with Crippen molar-refractivity contribution in [3.63, 3.8) is 0 Å². The molecule has 0 N–H and O–H groups in total. The Hall–Kier alpha value is -0.770. The molecule has 0 bridgehead atoms. The van der Waals surface area contributed by atoms with Gasteiger partial charge in [-0.2, -0.15) is 0 Å². The van der Waals surface area contributed by atoms with Gasteiger partial charge in [0.25, 0.3) is 0 Å². The summed E-state index contributed by atoms with van der Waals surface area (Å²) < 4.78 is 4.83. The molecule has 0 spiro atoms. The van der Waals surface area contributed by atoms with Crippen LogP contribution in [0, 0.1) is 0 Å². The zero-order valence-corrected chi connectivity index (χ0v) is 5.98. The summed E-state index contributed by atoms with van der Waals surface area (Å²) >= 11 is 1.57. The minimum Gasteiger partial charge on any atom is -0.360 e. The number of hydrogen-bond acceptors (Lipinski definition) is 4. The van der Waals surface area contributed by atoms with Crippen molar-refractivity contribution < 1.29 is 9.32 Å². The molecular weight excluding hydrogens is 150 g/mol. The molecule has 1 aromatic heterocycles. The van der Waals surface area contributed by atoms with Gasteiger partial charge >= 0.3 is 0 Å². The van der Waals surface area contributed by atoms with Crippen molar-refractivity contribution in [1.29, 1.82) is 0 Å². The fourth-order valence-electron chi connectivity index (χ4n) is 0.910. The molecule has 0 atom stereocenters. The molecule has 0 amide bonds. The highest BCUT2D eigenvalue weighted by atomic mass is 32.2. The molecular formula is C6H5NO2S. The number of carbonyl (C=O) groups is 1. The topological polar surface area (TPSA) is 43.1 Å². The Labute approximate surface area is 61.8 Å². The lowest BCUT2D eigenvalue weighted by atomic mass is 10.2. The second-order valence-electron chi connectivity index (χ2n) is 2.08. The van der Waals surface area contributed by atoms with E-state index < -0.39 is 0 Å². The molecule has 0 saturated carbocycles. The fraction of sp³-hybridized carbons (Fsp3) is 0.333. The predicted molar refractivity (Wildman–Crippen MR) is 37.0 cm³/mol. The lowest BCUT2D eigenvalue weighted by Crippen LogP contribution is -2.08. The Kier molecular flexibility index (Phi) is 1.27. The van der Waals surface area contributed by atoms with Gasteiger partial charge in [0, 0.05) is 0 Å². The van der Waals surface area contributed by atoms with Crippen molar-refractivity contribution in [2.24, 2.45) is 0 Å². The van der Waals surface area contributed by atoms with Crippen LogP contribution in [0.3, 0.4) is 0 Å². The van der Waals surface area contributed by atoms with E-state index >= 15 is 0 Å². The monoisotopic (exact) mass is 155 g/mol. The number of Topliss-reactive ketones (excluding diaryl/α,β-unsaturated/α-hetero) is 1. The summed E-state index contributed by atoms with van der Waals surface area (Å²) in [4.78, 5) is 11.0. The van der Waals surface area contributed by atoms with Crippen molar-refractivity contribution in [2.45, 2.75) is 5.75 Å². The average molecular weight is 155 g/mol. The number of ketones is 1. The number of fused-ring (bicyclic) bond motifs is 1. The van der Waals surface area contributed by atoms with E-state index in [9.17, 15) is 4.79 Å². The van der Waals surface area contributed by atoms with Crippen molar-refractivity contribution in [2.75, 3.05) is 5.75 Å². The molecule has 0 aliphatic carbocycles. The van der Waals surface area contributed by atoms with E-state index in [2.05, 4.69) is 5.16 Å². The summed E-state index contributed by atoms with van der Waals surface area (Å²) in [5.74, 6) is 2.20. The molecule has 0 fully saturated rings. The zero-order valence-electron chi connectivity index (χ0n) is 5.16. The lowest BCUT2D eigenvalue weighted by molar-refractivity contribution is 0.101. The first-order chi connectivity index (χ1) is 4.88. The molecule has 1 aliphatic heterocycles. The van der Waals surface area contributed by atoms with Gasteiger partial charge < -0.3 is 4.52 Å². The normalized spacial score (nSPS) is 17.0. The molecule has 0 saturated heterocycles. The van der Waals surface area contributed by atoms with E-state index in [1.54, 1.807) is 11.8 Å². The quantitative estimate of drug-likeness (QED) is 0.562. The van der Waals surface area contributed by atoms with E-state index in [0.717, 1.165) is 11.5 Å². The van der Waals surface area contributed by atoms with Crippen molar-refractivity contribution >= 4 is 17.5 Å². The van der Waals surface area contributed by atoms with Gasteiger partial charge in [-0.1, -0.05) is 5.16 Å². The highest BCUT2D eigenvalue weighted by Gasteiger charge is 2.20. The highest BCUT2D eigenvalue weighted by Crippen LogP contribution is 2.23. The van der Waals surface area contributed by atoms with Crippen LogP contribution in [0.2, 0.25) is 0 Å². The van der Waals surface area contributed by atoms with E-state index in [1.165, 1.54) is 6.20 Å². The van der Waals surface area contributed by atoms with Gasteiger partial charge in [0.05, 0.1) is 23.3 Å². The Morgan fingerprint density at radius 3 is 3.30 bits per heavy atom. The van der Waals surface area contributed by atoms with Gasteiger partial charge in [0.2, 0.25) is 0 Å². The number of rotatable bonds is 0. The van der Waals surface area contributed by atoms with Gasteiger partial charge in [0.1, 0.15) is 0 Å². The van der Waals surface area contributed by atoms with Crippen LogP contribution in [0.4, 0.5) is 0 Å². The van der Waals surface area contributed by atoms with Gasteiger partial charge in [0.15, 0.2) is 11.5 Å². The molecule has 3 nitrogen and oxygen atoms in total. The second-order valence-corrected chi connectivity index (χ2v) is 3.06. The number of thioether (sulfide) groups is 1. The van der Waals surface area contributed by atoms with Crippen molar-refractivity contribution in [3.05, 3.63) is 17.5 Å². The largest absolute Gasteiger partial charge is 0.360 e. The summed E-state index contributed by atoms with van der Waals surface area (Å²) in [6.07, 6.45) is 1.50. The number of carbonyl (C=O) groups excluding carboxylic acids is 1. The lowest BCUT2D eigenvalue weighted by Gasteiger charge is -2.04. The van der Waals surface area contributed by atoms with Crippen LogP contribution in [0.25, 0.3) is 0 Å². The molecule has 1 aromatic rings. The number of nitrogens with zero attached hydrogens (tertiary/aromatic N) is 1. The minimum absolute atomic E-state index is 0.132. The third-order valence-electron chi connectivity index (χ3n) is 1.41. The molecule has 0 aromatic carbocycles. The van der Waals surface area contributed by atoms with Crippen LogP contribution < -0.4 is 0 Å². The van der Waals surface area contributed by atoms with Gasteiger partial charge in [-0.15, -0.1) is 11.8 Å². The third kappa shape index (κ3) is 0.759. The summed E-state index contributed by atoms with van der Waals surface area (Å²) in [5, 5.41) is 3.55. The third-order valence-corrected chi connectivity index (χ3v) is 2.34. The number of hydrogen-bond donors (Lipinski definition) is 0. The predicted octanol–water partition coefficient (Wildman–Crippen LogP) is 1.10. The Balaban J connectivity index is 2.50. The van der Waals surface area contributed by atoms with Crippen molar-refractivity contribution in [1.82, 2.24) is 5.16 Å². The van der Waals surface area contributed by atoms with Crippen LogP contribution in [0.1, 0.15) is 16.1 Å². The van der Waals surface area contributed by atoms with E-state index in [-0.39, 0.29) is 5.78 Å². The molecule has 2 heterocycles. The number of aromatic nitrogens is 1. The Morgan fingerprint density at radius 1 is 1.60 bits per heavy atom. The van der Waals surface area contributed by atoms with Crippen molar-refractivity contribution in [3.8, 4) is 0 Å². The van der Waals surface area contributed by atoms with E-state index in [4.69, 9.17) is 4.52 Å². The molecule has 0 unspecified atom stereocenters. The Bertz CT molecular complexity index is 268. The van der Waals surface area contributed by atoms with Crippen LogP contribution >= 0.6 is 11.8 Å². The van der Waals surface area contributed by atoms with Crippen LogP contribution in [-0.4, -0.2) is 16.7 Å².